The summed E-state index contributed by atoms with van der Waals surface area (Å²) in [6.07, 6.45) is 2.24. The summed E-state index contributed by atoms with van der Waals surface area (Å²) in [7, 11) is 0. The lowest BCUT2D eigenvalue weighted by atomic mass is 9.85. The number of nitrogens with zero attached hydrogens (tertiary/aromatic N) is 1. The van der Waals surface area contributed by atoms with Crippen molar-refractivity contribution in [1.82, 2.24) is 10.2 Å². The van der Waals surface area contributed by atoms with E-state index in [0.29, 0.717) is 22.0 Å². The normalized spacial score (nSPS) is 21.1. The van der Waals surface area contributed by atoms with Crippen LogP contribution in [0, 0.1) is 5.92 Å². The van der Waals surface area contributed by atoms with E-state index in [9.17, 15) is 0 Å². The van der Waals surface area contributed by atoms with Crippen LogP contribution in [0.4, 0.5) is 0 Å². The van der Waals surface area contributed by atoms with Crippen molar-refractivity contribution >= 4 is 48.0 Å². The zero-order valence-corrected chi connectivity index (χ0v) is 16.1. The van der Waals surface area contributed by atoms with Crippen molar-refractivity contribution < 1.29 is 4.74 Å². The summed E-state index contributed by atoms with van der Waals surface area (Å²) in [6.45, 7) is 6.02. The molecule has 23 heavy (non-hydrogen) atoms. The molecule has 2 aliphatic heterocycles. The Morgan fingerprint density at radius 1 is 1.04 bits per heavy atom. The Balaban J connectivity index is 0.00000132. The average molecular weight is 402 g/mol. The quantitative estimate of drug-likeness (QED) is 0.820. The maximum absolute atomic E-state index is 6.25. The highest BCUT2D eigenvalue weighted by Crippen LogP contribution is 2.37. The van der Waals surface area contributed by atoms with Crippen molar-refractivity contribution in [2.45, 2.75) is 18.9 Å². The van der Waals surface area contributed by atoms with Crippen LogP contribution in [0.5, 0.6) is 0 Å². The Labute approximate surface area is 160 Å². The van der Waals surface area contributed by atoms with Crippen LogP contribution < -0.4 is 5.32 Å². The van der Waals surface area contributed by atoms with Gasteiger partial charge >= 0.3 is 0 Å². The van der Waals surface area contributed by atoms with Gasteiger partial charge in [-0.25, -0.2) is 0 Å². The molecule has 2 aliphatic rings. The van der Waals surface area contributed by atoms with E-state index in [0.717, 1.165) is 52.2 Å². The van der Waals surface area contributed by atoms with Gasteiger partial charge in [0.2, 0.25) is 0 Å². The molecule has 2 heterocycles. The molecule has 1 atom stereocenters. The molecular weight excluding hydrogens is 378 g/mol. The lowest BCUT2D eigenvalue weighted by molar-refractivity contribution is 0.0213. The molecule has 2 fully saturated rings. The summed E-state index contributed by atoms with van der Waals surface area (Å²) in [6, 6.07) is 6.53. The Hall–Kier alpha value is 0.260. The van der Waals surface area contributed by atoms with E-state index in [2.05, 4.69) is 16.3 Å². The number of hydrogen-bond donors (Lipinski definition) is 1. The van der Waals surface area contributed by atoms with Crippen molar-refractivity contribution in [1.29, 1.82) is 0 Å². The molecule has 0 amide bonds. The van der Waals surface area contributed by atoms with Gasteiger partial charge in [0.05, 0.1) is 10.0 Å². The maximum Gasteiger partial charge on any atom is 0.0595 e. The van der Waals surface area contributed by atoms with Crippen molar-refractivity contribution in [2.75, 3.05) is 39.4 Å². The number of piperazine rings is 1. The van der Waals surface area contributed by atoms with Crippen LogP contribution >= 0.6 is 48.0 Å². The standard InChI is InChI=1S/C16H22Cl2N2O.2ClH/c17-14-2-1-13(11-15(14)18)16(12-3-9-21-10-4-12)20-7-5-19-6-8-20;;/h1-2,11-12,16,19H,3-10H2;2*1H/t16-;;/m1../s1. The second-order valence-electron chi connectivity index (χ2n) is 5.85. The minimum absolute atomic E-state index is 0. The monoisotopic (exact) mass is 400 g/mol. The third-order valence-electron chi connectivity index (χ3n) is 4.54. The number of halogens is 4. The summed E-state index contributed by atoms with van der Waals surface area (Å²) < 4.78 is 5.54. The molecule has 2 saturated heterocycles. The molecule has 7 heteroatoms. The highest BCUT2D eigenvalue weighted by atomic mass is 35.5. The summed E-state index contributed by atoms with van der Waals surface area (Å²) in [5.41, 5.74) is 1.29. The first-order chi connectivity index (χ1) is 10.3. The fourth-order valence-corrected chi connectivity index (χ4v) is 3.78. The van der Waals surface area contributed by atoms with Gasteiger partial charge in [0.1, 0.15) is 0 Å². The third-order valence-corrected chi connectivity index (χ3v) is 5.28. The Bertz CT molecular complexity index is 459. The second kappa shape index (κ2) is 10.3. The highest BCUT2D eigenvalue weighted by molar-refractivity contribution is 6.42. The topological polar surface area (TPSA) is 24.5 Å². The molecule has 1 aromatic carbocycles. The molecule has 1 N–H and O–H groups in total. The first-order valence-electron chi connectivity index (χ1n) is 7.73. The van der Waals surface area contributed by atoms with Crippen LogP contribution in [0.25, 0.3) is 0 Å². The first-order valence-corrected chi connectivity index (χ1v) is 8.49. The Kier molecular flexibility index (Phi) is 9.54. The molecule has 0 saturated carbocycles. The van der Waals surface area contributed by atoms with Gasteiger partial charge in [-0.15, -0.1) is 24.8 Å². The van der Waals surface area contributed by atoms with E-state index < -0.39 is 0 Å². The molecule has 0 bridgehead atoms. The van der Waals surface area contributed by atoms with Crippen molar-refractivity contribution in [3.8, 4) is 0 Å². The van der Waals surface area contributed by atoms with E-state index in [1.165, 1.54) is 5.56 Å². The molecule has 1 aromatic rings. The molecule has 0 aliphatic carbocycles. The van der Waals surface area contributed by atoms with Crippen LogP contribution in [-0.2, 0) is 4.74 Å². The van der Waals surface area contributed by atoms with E-state index in [4.69, 9.17) is 27.9 Å². The van der Waals surface area contributed by atoms with Crippen LogP contribution in [0.15, 0.2) is 18.2 Å². The zero-order valence-electron chi connectivity index (χ0n) is 13.0. The largest absolute Gasteiger partial charge is 0.381 e. The summed E-state index contributed by atoms with van der Waals surface area (Å²) in [5.74, 6) is 0.633. The van der Waals surface area contributed by atoms with Gasteiger partial charge < -0.3 is 10.1 Å². The average Bonchev–Trinajstić information content (AvgIpc) is 2.53. The van der Waals surface area contributed by atoms with Gasteiger partial charge in [-0.05, 0) is 36.5 Å². The molecule has 3 nitrogen and oxygen atoms in total. The maximum atomic E-state index is 6.25. The van der Waals surface area contributed by atoms with Gasteiger partial charge in [-0.3, -0.25) is 4.90 Å². The third kappa shape index (κ3) is 5.37. The summed E-state index contributed by atoms with van der Waals surface area (Å²) >= 11 is 12.3. The molecule has 0 unspecified atom stereocenters. The van der Waals surface area contributed by atoms with E-state index in [-0.39, 0.29) is 24.8 Å². The molecule has 3 rings (SSSR count). The Morgan fingerprint density at radius 2 is 1.70 bits per heavy atom. The molecule has 132 valence electrons. The molecule has 0 aromatic heterocycles. The van der Waals surface area contributed by atoms with Gasteiger partial charge in [0.25, 0.3) is 0 Å². The lowest BCUT2D eigenvalue weighted by Gasteiger charge is -2.41. The van der Waals surface area contributed by atoms with Crippen LogP contribution in [0.1, 0.15) is 24.4 Å². The fraction of sp³-hybridized carbons (Fsp3) is 0.625. The van der Waals surface area contributed by atoms with E-state index in [1.807, 2.05) is 12.1 Å². The lowest BCUT2D eigenvalue weighted by Crippen LogP contribution is -2.47. The summed E-state index contributed by atoms with van der Waals surface area (Å²) in [4.78, 5) is 2.59. The minimum Gasteiger partial charge on any atom is -0.381 e. The first kappa shape index (κ1) is 21.3. The number of nitrogens with one attached hydrogen (secondary N) is 1. The van der Waals surface area contributed by atoms with Gasteiger partial charge in [-0.2, -0.15) is 0 Å². The predicted octanol–water partition coefficient (Wildman–Crippen LogP) is 4.21. The summed E-state index contributed by atoms with van der Waals surface area (Å²) in [5, 5.41) is 4.72. The number of ether oxygens (including phenoxy) is 1. The van der Waals surface area contributed by atoms with Crippen molar-refractivity contribution in [3.63, 3.8) is 0 Å². The van der Waals surface area contributed by atoms with Crippen LogP contribution in [-0.4, -0.2) is 44.3 Å². The SMILES string of the molecule is Cl.Cl.Clc1ccc([C@@H](C2CCOCC2)N2CCNCC2)cc1Cl. The molecule has 0 spiro atoms. The highest BCUT2D eigenvalue weighted by Gasteiger charge is 2.31. The zero-order chi connectivity index (χ0) is 14.7. The van der Waals surface area contributed by atoms with Crippen LogP contribution in [0.3, 0.4) is 0 Å². The second-order valence-corrected chi connectivity index (χ2v) is 6.67. The smallest absolute Gasteiger partial charge is 0.0595 e. The van der Waals surface area contributed by atoms with Gasteiger partial charge in [0, 0.05) is 45.4 Å². The predicted molar refractivity (Wildman–Crippen MR) is 102 cm³/mol. The number of benzene rings is 1. The molecule has 0 radical (unpaired) electrons. The van der Waals surface area contributed by atoms with Crippen LogP contribution in [0.2, 0.25) is 10.0 Å². The van der Waals surface area contributed by atoms with E-state index >= 15 is 0 Å². The van der Waals surface area contributed by atoms with Gasteiger partial charge in [-0.1, -0.05) is 29.3 Å². The number of hydrogen-bond acceptors (Lipinski definition) is 3. The van der Waals surface area contributed by atoms with E-state index in [1.54, 1.807) is 0 Å². The fourth-order valence-electron chi connectivity index (χ4n) is 3.47. The minimum atomic E-state index is 0. The van der Waals surface area contributed by atoms with Gasteiger partial charge in [0.15, 0.2) is 0 Å². The number of rotatable bonds is 3. The molecular formula is C16H24Cl4N2O. The van der Waals surface area contributed by atoms with Crippen molar-refractivity contribution in [2.24, 2.45) is 5.92 Å². The Morgan fingerprint density at radius 3 is 2.30 bits per heavy atom. The van der Waals surface area contributed by atoms with Crippen molar-refractivity contribution in [3.05, 3.63) is 33.8 Å².